The molecule has 0 unspecified atom stereocenters. The second kappa shape index (κ2) is 5.59. The Morgan fingerprint density at radius 1 is 1.22 bits per heavy atom. The van der Waals surface area contributed by atoms with Crippen molar-refractivity contribution in [2.75, 3.05) is 20.2 Å². The summed E-state index contributed by atoms with van der Waals surface area (Å²) in [5.74, 6) is -0.225. The van der Waals surface area contributed by atoms with Gasteiger partial charge < -0.3 is 14.4 Å². The van der Waals surface area contributed by atoms with Crippen LogP contribution in [-0.4, -0.2) is 42.8 Å². The molecule has 0 bridgehead atoms. The van der Waals surface area contributed by atoms with Crippen molar-refractivity contribution in [1.82, 2.24) is 4.90 Å². The minimum Gasteiger partial charge on any atom is -0.469 e. The van der Waals surface area contributed by atoms with Crippen LogP contribution in [0.4, 0.5) is 4.79 Å². The highest BCUT2D eigenvalue weighted by Gasteiger charge is 2.34. The minimum atomic E-state index is -0.515. The average molecular weight is 257 g/mol. The van der Waals surface area contributed by atoms with Gasteiger partial charge in [-0.1, -0.05) is 6.92 Å². The SMILES string of the molecule is COC(=O)[C@H]1C[C@@H](C)CN(C(=O)OC(C)(C)C)C1. The number of piperidine rings is 1. The molecule has 0 radical (unpaired) electrons. The van der Waals surface area contributed by atoms with Gasteiger partial charge in [0.05, 0.1) is 13.0 Å². The zero-order chi connectivity index (χ0) is 13.9. The lowest BCUT2D eigenvalue weighted by Crippen LogP contribution is -2.47. The molecule has 0 aliphatic carbocycles. The van der Waals surface area contributed by atoms with Gasteiger partial charge in [0.1, 0.15) is 5.60 Å². The average Bonchev–Trinajstić information content (AvgIpc) is 2.24. The number of esters is 1. The molecule has 18 heavy (non-hydrogen) atoms. The van der Waals surface area contributed by atoms with Gasteiger partial charge in [0.2, 0.25) is 0 Å². The molecule has 2 atom stereocenters. The summed E-state index contributed by atoms with van der Waals surface area (Å²) in [7, 11) is 1.37. The number of carbonyl (C=O) groups excluding carboxylic acids is 2. The number of amides is 1. The highest BCUT2D eigenvalue weighted by molar-refractivity contribution is 5.74. The molecule has 1 amide bonds. The normalized spacial score (nSPS) is 24.6. The number of likely N-dealkylation sites (tertiary alicyclic amines) is 1. The van der Waals surface area contributed by atoms with Crippen LogP contribution >= 0.6 is 0 Å². The Morgan fingerprint density at radius 3 is 2.33 bits per heavy atom. The number of nitrogens with zero attached hydrogens (tertiary/aromatic N) is 1. The topological polar surface area (TPSA) is 55.8 Å². The molecule has 1 aliphatic rings. The van der Waals surface area contributed by atoms with E-state index in [9.17, 15) is 9.59 Å². The summed E-state index contributed by atoms with van der Waals surface area (Å²) in [5.41, 5.74) is -0.515. The first-order valence-electron chi connectivity index (χ1n) is 6.28. The van der Waals surface area contributed by atoms with E-state index in [1.165, 1.54) is 7.11 Å². The van der Waals surface area contributed by atoms with Gasteiger partial charge in [-0.3, -0.25) is 4.79 Å². The second-order valence-electron chi connectivity index (χ2n) is 5.95. The van der Waals surface area contributed by atoms with Crippen molar-refractivity contribution in [3.05, 3.63) is 0 Å². The van der Waals surface area contributed by atoms with Crippen LogP contribution in [0.25, 0.3) is 0 Å². The molecule has 5 heteroatoms. The van der Waals surface area contributed by atoms with E-state index in [0.29, 0.717) is 13.1 Å². The lowest BCUT2D eigenvalue weighted by molar-refractivity contribution is -0.147. The number of rotatable bonds is 1. The predicted molar refractivity (Wildman–Crippen MR) is 67.1 cm³/mol. The van der Waals surface area contributed by atoms with Crippen LogP contribution in [-0.2, 0) is 14.3 Å². The van der Waals surface area contributed by atoms with Gasteiger partial charge in [-0.2, -0.15) is 0 Å². The fraction of sp³-hybridized carbons (Fsp3) is 0.846. The summed E-state index contributed by atoms with van der Waals surface area (Å²) < 4.78 is 10.1. The van der Waals surface area contributed by atoms with Gasteiger partial charge in [-0.25, -0.2) is 4.79 Å². The van der Waals surface area contributed by atoms with Crippen LogP contribution < -0.4 is 0 Å². The largest absolute Gasteiger partial charge is 0.469 e. The van der Waals surface area contributed by atoms with Crippen molar-refractivity contribution < 1.29 is 19.1 Å². The molecular weight excluding hydrogens is 234 g/mol. The summed E-state index contributed by atoms with van der Waals surface area (Å²) in [6, 6.07) is 0. The van der Waals surface area contributed by atoms with Crippen molar-refractivity contribution in [1.29, 1.82) is 0 Å². The van der Waals surface area contributed by atoms with Crippen LogP contribution in [0.3, 0.4) is 0 Å². The Bertz CT molecular complexity index is 321. The number of methoxy groups -OCH3 is 1. The quantitative estimate of drug-likeness (QED) is 0.675. The van der Waals surface area contributed by atoms with Crippen molar-refractivity contribution in [2.45, 2.75) is 39.7 Å². The van der Waals surface area contributed by atoms with E-state index in [4.69, 9.17) is 9.47 Å². The van der Waals surface area contributed by atoms with Crippen molar-refractivity contribution in [3.8, 4) is 0 Å². The van der Waals surface area contributed by atoms with Gasteiger partial charge in [0, 0.05) is 13.1 Å². The smallest absolute Gasteiger partial charge is 0.410 e. The first-order valence-corrected chi connectivity index (χ1v) is 6.28. The summed E-state index contributed by atoms with van der Waals surface area (Å²) >= 11 is 0. The zero-order valence-electron chi connectivity index (χ0n) is 11.9. The zero-order valence-corrected chi connectivity index (χ0v) is 11.9. The molecule has 0 saturated carbocycles. The molecule has 5 nitrogen and oxygen atoms in total. The fourth-order valence-electron chi connectivity index (χ4n) is 2.16. The maximum atomic E-state index is 12.0. The highest BCUT2D eigenvalue weighted by Crippen LogP contribution is 2.24. The first-order chi connectivity index (χ1) is 8.23. The van der Waals surface area contributed by atoms with E-state index in [0.717, 1.165) is 6.42 Å². The summed E-state index contributed by atoms with van der Waals surface area (Å²) in [5, 5.41) is 0. The molecule has 1 saturated heterocycles. The third kappa shape index (κ3) is 4.20. The predicted octanol–water partition coefficient (Wildman–Crippen LogP) is 2.05. The Balaban J connectivity index is 2.66. The van der Waals surface area contributed by atoms with Gasteiger partial charge in [-0.15, -0.1) is 0 Å². The Hall–Kier alpha value is -1.26. The Labute approximate surface area is 108 Å². The maximum absolute atomic E-state index is 12.0. The van der Waals surface area contributed by atoms with Crippen LogP contribution in [0.1, 0.15) is 34.1 Å². The molecule has 0 N–H and O–H groups in total. The summed E-state index contributed by atoms with van der Waals surface area (Å²) in [6.45, 7) is 8.52. The van der Waals surface area contributed by atoms with Gasteiger partial charge >= 0.3 is 12.1 Å². The molecule has 1 heterocycles. The maximum Gasteiger partial charge on any atom is 0.410 e. The molecular formula is C13H23NO4. The third-order valence-electron chi connectivity index (χ3n) is 2.85. The molecule has 0 aromatic heterocycles. The van der Waals surface area contributed by atoms with E-state index in [-0.39, 0.29) is 23.9 Å². The van der Waals surface area contributed by atoms with E-state index < -0.39 is 5.60 Å². The van der Waals surface area contributed by atoms with Gasteiger partial charge in [-0.05, 0) is 33.1 Å². The van der Waals surface area contributed by atoms with E-state index in [2.05, 4.69) is 0 Å². The van der Waals surface area contributed by atoms with E-state index in [1.807, 2.05) is 27.7 Å². The molecule has 1 aliphatic heterocycles. The Kier molecular flexibility index (Phi) is 4.59. The van der Waals surface area contributed by atoms with Crippen molar-refractivity contribution in [3.63, 3.8) is 0 Å². The highest BCUT2D eigenvalue weighted by atomic mass is 16.6. The molecule has 1 fully saturated rings. The number of carbonyl (C=O) groups is 2. The number of ether oxygens (including phenoxy) is 2. The Morgan fingerprint density at radius 2 is 1.83 bits per heavy atom. The number of hydrogen-bond donors (Lipinski definition) is 0. The molecule has 0 aromatic carbocycles. The van der Waals surface area contributed by atoms with Gasteiger partial charge in [0.25, 0.3) is 0 Å². The fourth-order valence-corrected chi connectivity index (χ4v) is 2.16. The lowest BCUT2D eigenvalue weighted by Gasteiger charge is -2.36. The van der Waals surface area contributed by atoms with Gasteiger partial charge in [0.15, 0.2) is 0 Å². The summed E-state index contributed by atoms with van der Waals surface area (Å²) in [4.78, 5) is 25.1. The van der Waals surface area contributed by atoms with E-state index in [1.54, 1.807) is 4.90 Å². The van der Waals surface area contributed by atoms with Crippen LogP contribution in [0.15, 0.2) is 0 Å². The van der Waals surface area contributed by atoms with Crippen LogP contribution in [0, 0.1) is 11.8 Å². The van der Waals surface area contributed by atoms with Crippen LogP contribution in [0.2, 0.25) is 0 Å². The molecule has 0 aromatic rings. The monoisotopic (exact) mass is 257 g/mol. The summed E-state index contributed by atoms with van der Waals surface area (Å²) in [6.07, 6.45) is 0.398. The second-order valence-corrected chi connectivity index (χ2v) is 5.95. The van der Waals surface area contributed by atoms with Crippen LogP contribution in [0.5, 0.6) is 0 Å². The first kappa shape index (κ1) is 14.8. The standard InChI is InChI=1S/C13H23NO4/c1-9-6-10(11(15)17-5)8-14(7-9)12(16)18-13(2,3)4/h9-10H,6-8H2,1-5H3/t9-,10+/m1/s1. The minimum absolute atomic E-state index is 0.244. The molecule has 104 valence electrons. The molecule has 1 rings (SSSR count). The lowest BCUT2D eigenvalue weighted by atomic mass is 9.91. The van der Waals surface area contributed by atoms with Crippen molar-refractivity contribution >= 4 is 12.1 Å². The van der Waals surface area contributed by atoms with Crippen molar-refractivity contribution in [2.24, 2.45) is 11.8 Å². The number of hydrogen-bond acceptors (Lipinski definition) is 4. The third-order valence-corrected chi connectivity index (χ3v) is 2.85. The molecule has 0 spiro atoms. The van der Waals surface area contributed by atoms with E-state index >= 15 is 0 Å².